The summed E-state index contributed by atoms with van der Waals surface area (Å²) in [5.41, 5.74) is 0.953. The van der Waals surface area contributed by atoms with Crippen molar-refractivity contribution < 1.29 is 9.53 Å². The molecule has 2 heteroatoms. The van der Waals surface area contributed by atoms with Crippen molar-refractivity contribution >= 4 is 5.78 Å². The van der Waals surface area contributed by atoms with E-state index in [1.54, 1.807) is 0 Å². The average Bonchev–Trinajstić information content (AvgIpc) is 2.33. The van der Waals surface area contributed by atoms with E-state index < -0.39 is 0 Å². The van der Waals surface area contributed by atoms with Gasteiger partial charge >= 0.3 is 0 Å². The van der Waals surface area contributed by atoms with Crippen LogP contribution in [-0.2, 0) is 9.53 Å². The summed E-state index contributed by atoms with van der Waals surface area (Å²) < 4.78 is 5.70. The third-order valence-electron chi connectivity index (χ3n) is 2.96. The van der Waals surface area contributed by atoms with E-state index in [2.05, 4.69) is 11.8 Å². The standard InChI is InChI=1S/C15H16O2/c1-11-10-14(16)12(2)15(17-11)9-8-13-6-4-3-5-7-13/h3-7,11-12,15H,10H2,1-2H3/t11-,12+,15+/m0/s1. The van der Waals surface area contributed by atoms with Gasteiger partial charge in [0.1, 0.15) is 11.9 Å². The summed E-state index contributed by atoms with van der Waals surface area (Å²) in [4.78, 5) is 11.7. The largest absolute Gasteiger partial charge is 0.361 e. The molecule has 1 fully saturated rings. The molecule has 1 saturated heterocycles. The molecule has 2 nitrogen and oxygen atoms in total. The summed E-state index contributed by atoms with van der Waals surface area (Å²) in [7, 11) is 0. The van der Waals surface area contributed by atoms with E-state index in [4.69, 9.17) is 4.74 Å². The molecule has 1 aromatic rings. The molecule has 1 aromatic carbocycles. The lowest BCUT2D eigenvalue weighted by Gasteiger charge is -2.28. The maximum Gasteiger partial charge on any atom is 0.141 e. The molecule has 0 radical (unpaired) electrons. The number of ketones is 1. The van der Waals surface area contributed by atoms with E-state index in [0.717, 1.165) is 5.56 Å². The number of hydrogen-bond acceptors (Lipinski definition) is 2. The Morgan fingerprint density at radius 2 is 1.94 bits per heavy atom. The van der Waals surface area contributed by atoms with E-state index in [-0.39, 0.29) is 23.9 Å². The summed E-state index contributed by atoms with van der Waals surface area (Å²) in [6, 6.07) is 9.75. The molecule has 17 heavy (non-hydrogen) atoms. The summed E-state index contributed by atoms with van der Waals surface area (Å²) in [6.45, 7) is 3.81. The molecule has 0 aliphatic carbocycles. The van der Waals surface area contributed by atoms with Crippen LogP contribution in [0.3, 0.4) is 0 Å². The van der Waals surface area contributed by atoms with E-state index in [9.17, 15) is 4.79 Å². The Morgan fingerprint density at radius 1 is 1.24 bits per heavy atom. The molecule has 3 atom stereocenters. The van der Waals surface area contributed by atoms with Crippen LogP contribution < -0.4 is 0 Å². The normalized spacial score (nSPS) is 28.4. The highest BCUT2D eigenvalue weighted by molar-refractivity contribution is 5.82. The molecule has 0 amide bonds. The van der Waals surface area contributed by atoms with Crippen LogP contribution in [0.25, 0.3) is 0 Å². The number of benzene rings is 1. The van der Waals surface area contributed by atoms with Crippen LogP contribution >= 0.6 is 0 Å². The first-order valence-electron chi connectivity index (χ1n) is 5.91. The maximum absolute atomic E-state index is 11.7. The second-order valence-electron chi connectivity index (χ2n) is 4.46. The number of carbonyl (C=O) groups excluding carboxylic acids is 1. The third-order valence-corrected chi connectivity index (χ3v) is 2.96. The predicted octanol–water partition coefficient (Wildman–Crippen LogP) is 2.42. The van der Waals surface area contributed by atoms with Crippen LogP contribution in [0.5, 0.6) is 0 Å². The number of rotatable bonds is 0. The Morgan fingerprint density at radius 3 is 2.65 bits per heavy atom. The molecule has 0 spiro atoms. The molecule has 0 unspecified atom stereocenters. The molecule has 0 bridgehead atoms. The fourth-order valence-electron chi connectivity index (χ4n) is 1.89. The Balaban J connectivity index is 2.13. The summed E-state index contributed by atoms with van der Waals surface area (Å²) in [5, 5.41) is 0. The molecule has 0 N–H and O–H groups in total. The smallest absolute Gasteiger partial charge is 0.141 e. The number of Topliss-reactive ketones (excluding diaryl/α,β-unsaturated/α-hetero) is 1. The fraction of sp³-hybridized carbons (Fsp3) is 0.400. The van der Waals surface area contributed by atoms with Crippen molar-refractivity contribution in [2.24, 2.45) is 5.92 Å². The van der Waals surface area contributed by atoms with Gasteiger partial charge < -0.3 is 4.74 Å². The Labute approximate surface area is 102 Å². The van der Waals surface area contributed by atoms with Crippen LogP contribution in [0.1, 0.15) is 25.8 Å². The quantitative estimate of drug-likeness (QED) is 0.637. The van der Waals surface area contributed by atoms with Gasteiger partial charge in [0.05, 0.1) is 12.0 Å². The van der Waals surface area contributed by atoms with E-state index in [1.807, 2.05) is 44.2 Å². The minimum atomic E-state index is -0.272. The van der Waals surface area contributed by atoms with Crippen molar-refractivity contribution in [3.05, 3.63) is 35.9 Å². The van der Waals surface area contributed by atoms with E-state index in [1.165, 1.54) is 0 Å². The molecular weight excluding hydrogens is 212 g/mol. The first-order valence-corrected chi connectivity index (χ1v) is 5.91. The SMILES string of the molecule is C[C@@H]1C(=O)C[C@H](C)O[C@@H]1C#Cc1ccccc1. The Hall–Kier alpha value is -1.59. The predicted molar refractivity (Wildman–Crippen MR) is 66.4 cm³/mol. The van der Waals surface area contributed by atoms with Crippen LogP contribution in [-0.4, -0.2) is 18.0 Å². The second kappa shape index (κ2) is 5.16. The van der Waals surface area contributed by atoms with Crippen LogP contribution in [0.2, 0.25) is 0 Å². The van der Waals surface area contributed by atoms with Gasteiger partial charge in [-0.05, 0) is 19.1 Å². The van der Waals surface area contributed by atoms with Crippen LogP contribution in [0.15, 0.2) is 30.3 Å². The number of ether oxygens (including phenoxy) is 1. The highest BCUT2D eigenvalue weighted by atomic mass is 16.5. The molecule has 2 rings (SSSR count). The minimum absolute atomic E-state index is 0.0197. The number of carbonyl (C=O) groups is 1. The molecule has 1 aliphatic rings. The molecule has 0 saturated carbocycles. The summed E-state index contributed by atoms with van der Waals surface area (Å²) in [6.07, 6.45) is 0.213. The van der Waals surface area contributed by atoms with Gasteiger partial charge in [0, 0.05) is 12.0 Å². The van der Waals surface area contributed by atoms with Gasteiger partial charge in [0.25, 0.3) is 0 Å². The molecule has 1 aliphatic heterocycles. The average molecular weight is 228 g/mol. The summed E-state index contributed by atoms with van der Waals surface area (Å²) in [5.74, 6) is 6.24. The van der Waals surface area contributed by atoms with Gasteiger partial charge in [-0.25, -0.2) is 0 Å². The zero-order chi connectivity index (χ0) is 12.3. The van der Waals surface area contributed by atoms with Gasteiger partial charge in [-0.1, -0.05) is 37.0 Å². The highest BCUT2D eigenvalue weighted by Gasteiger charge is 2.31. The van der Waals surface area contributed by atoms with E-state index in [0.29, 0.717) is 6.42 Å². The van der Waals surface area contributed by atoms with Crippen molar-refractivity contribution in [3.8, 4) is 11.8 Å². The van der Waals surface area contributed by atoms with Crippen molar-refractivity contribution in [1.29, 1.82) is 0 Å². The lowest BCUT2D eigenvalue weighted by Crippen LogP contribution is -2.38. The zero-order valence-electron chi connectivity index (χ0n) is 10.1. The first kappa shape index (κ1) is 11.9. The van der Waals surface area contributed by atoms with Gasteiger partial charge in [0.2, 0.25) is 0 Å². The fourth-order valence-corrected chi connectivity index (χ4v) is 1.89. The topological polar surface area (TPSA) is 26.3 Å². The van der Waals surface area contributed by atoms with Gasteiger partial charge in [-0.2, -0.15) is 0 Å². The monoisotopic (exact) mass is 228 g/mol. The molecule has 0 aromatic heterocycles. The number of hydrogen-bond donors (Lipinski definition) is 0. The van der Waals surface area contributed by atoms with Crippen LogP contribution in [0, 0.1) is 17.8 Å². The van der Waals surface area contributed by atoms with Gasteiger partial charge in [0.15, 0.2) is 0 Å². The molecular formula is C15H16O2. The van der Waals surface area contributed by atoms with Gasteiger partial charge in [-0.15, -0.1) is 0 Å². The van der Waals surface area contributed by atoms with Gasteiger partial charge in [-0.3, -0.25) is 4.79 Å². The van der Waals surface area contributed by atoms with E-state index >= 15 is 0 Å². The Bertz CT molecular complexity index is 453. The maximum atomic E-state index is 11.7. The first-order chi connectivity index (χ1) is 8.16. The van der Waals surface area contributed by atoms with Crippen LogP contribution in [0.4, 0.5) is 0 Å². The van der Waals surface area contributed by atoms with Crippen molar-refractivity contribution in [2.75, 3.05) is 0 Å². The Kier molecular flexibility index (Phi) is 3.61. The lowest BCUT2D eigenvalue weighted by atomic mass is 9.92. The lowest BCUT2D eigenvalue weighted by molar-refractivity contribution is -0.138. The van der Waals surface area contributed by atoms with Crippen molar-refractivity contribution in [2.45, 2.75) is 32.5 Å². The van der Waals surface area contributed by atoms with Crippen molar-refractivity contribution in [3.63, 3.8) is 0 Å². The van der Waals surface area contributed by atoms with Crippen molar-refractivity contribution in [1.82, 2.24) is 0 Å². The second-order valence-corrected chi connectivity index (χ2v) is 4.46. The summed E-state index contributed by atoms with van der Waals surface area (Å²) >= 11 is 0. The molecule has 1 heterocycles. The highest BCUT2D eigenvalue weighted by Crippen LogP contribution is 2.21. The molecule has 88 valence electrons. The zero-order valence-corrected chi connectivity index (χ0v) is 10.1. The minimum Gasteiger partial charge on any atom is -0.361 e. The third kappa shape index (κ3) is 2.95.